The molecule has 0 aromatic heterocycles. The van der Waals surface area contributed by atoms with Crippen LogP contribution in [0.15, 0.2) is 0 Å². The van der Waals surface area contributed by atoms with Crippen LogP contribution in [0.1, 0.15) is 60.3 Å². The Labute approximate surface area is 125 Å². The van der Waals surface area contributed by atoms with Gasteiger partial charge in [-0.3, -0.25) is 4.79 Å². The number of rotatable bonds is 6. The van der Waals surface area contributed by atoms with Crippen LogP contribution in [0, 0.1) is 29.6 Å². The molecule has 0 aliphatic heterocycles. The Balaban J connectivity index is 2.50. The first-order chi connectivity index (χ1) is 9.31. The van der Waals surface area contributed by atoms with Crippen LogP contribution in [0.2, 0.25) is 0 Å². The van der Waals surface area contributed by atoms with E-state index in [2.05, 4.69) is 39.9 Å². The fraction of sp³-hybridized carbons (Fsp3) is 0.941. The minimum absolute atomic E-state index is 0.0810. The third-order valence-electron chi connectivity index (χ3n) is 4.67. The quantitative estimate of drug-likeness (QED) is 0.786. The molecule has 118 valence electrons. The fourth-order valence-electron chi connectivity index (χ4n) is 3.56. The van der Waals surface area contributed by atoms with Gasteiger partial charge in [-0.15, -0.1) is 0 Å². The topological polar surface area (TPSA) is 55.1 Å². The van der Waals surface area contributed by atoms with Gasteiger partial charge in [0.1, 0.15) is 0 Å². The van der Waals surface area contributed by atoms with E-state index >= 15 is 0 Å². The molecule has 1 saturated carbocycles. The lowest BCUT2D eigenvalue weighted by atomic mass is 9.70. The standard InChI is InChI=1S/C17H34N2O/c1-11(2)8-14(18)10-19-17(20)16-9-13(5)6-7-15(16)12(3)4/h11-16H,6-10,18H2,1-5H3,(H,19,20)/t13?,14?,15-,16?/m0/s1. The zero-order chi connectivity index (χ0) is 15.3. The van der Waals surface area contributed by atoms with Gasteiger partial charge in [-0.25, -0.2) is 0 Å². The van der Waals surface area contributed by atoms with Crippen LogP contribution >= 0.6 is 0 Å². The summed E-state index contributed by atoms with van der Waals surface area (Å²) in [5.41, 5.74) is 6.06. The molecule has 0 radical (unpaired) electrons. The highest BCUT2D eigenvalue weighted by Gasteiger charge is 2.35. The van der Waals surface area contributed by atoms with Crippen LogP contribution in [-0.2, 0) is 4.79 Å². The monoisotopic (exact) mass is 282 g/mol. The maximum Gasteiger partial charge on any atom is 0.223 e. The molecule has 3 N–H and O–H groups in total. The first-order valence-electron chi connectivity index (χ1n) is 8.34. The van der Waals surface area contributed by atoms with Gasteiger partial charge >= 0.3 is 0 Å². The van der Waals surface area contributed by atoms with Crippen molar-refractivity contribution >= 4 is 5.91 Å². The zero-order valence-corrected chi connectivity index (χ0v) is 14.0. The van der Waals surface area contributed by atoms with E-state index in [9.17, 15) is 4.79 Å². The van der Waals surface area contributed by atoms with E-state index in [0.717, 1.165) is 12.8 Å². The second-order valence-corrected chi connectivity index (χ2v) is 7.57. The molecule has 1 aliphatic rings. The second-order valence-electron chi connectivity index (χ2n) is 7.57. The third kappa shape index (κ3) is 5.43. The van der Waals surface area contributed by atoms with Crippen molar-refractivity contribution < 1.29 is 4.79 Å². The Morgan fingerprint density at radius 3 is 2.45 bits per heavy atom. The first kappa shape index (κ1) is 17.5. The van der Waals surface area contributed by atoms with Gasteiger partial charge in [0.05, 0.1) is 0 Å². The summed E-state index contributed by atoms with van der Waals surface area (Å²) in [6.07, 6.45) is 4.46. The van der Waals surface area contributed by atoms with E-state index in [4.69, 9.17) is 5.73 Å². The smallest absolute Gasteiger partial charge is 0.223 e. The zero-order valence-electron chi connectivity index (χ0n) is 14.0. The van der Waals surface area contributed by atoms with Crippen molar-refractivity contribution in [1.29, 1.82) is 0 Å². The van der Waals surface area contributed by atoms with Gasteiger partial charge in [-0.1, -0.05) is 41.0 Å². The predicted molar refractivity (Wildman–Crippen MR) is 85.3 cm³/mol. The van der Waals surface area contributed by atoms with Crippen molar-refractivity contribution in [3.63, 3.8) is 0 Å². The van der Waals surface area contributed by atoms with Gasteiger partial charge < -0.3 is 11.1 Å². The number of amides is 1. The Hall–Kier alpha value is -0.570. The van der Waals surface area contributed by atoms with E-state index in [1.165, 1.54) is 12.8 Å². The van der Waals surface area contributed by atoms with Crippen molar-refractivity contribution in [2.75, 3.05) is 6.54 Å². The van der Waals surface area contributed by atoms with Crippen molar-refractivity contribution in [1.82, 2.24) is 5.32 Å². The molecule has 1 amide bonds. The van der Waals surface area contributed by atoms with Gasteiger partial charge in [0.2, 0.25) is 5.91 Å². The highest BCUT2D eigenvalue weighted by molar-refractivity contribution is 5.79. The van der Waals surface area contributed by atoms with E-state index < -0.39 is 0 Å². The highest BCUT2D eigenvalue weighted by atomic mass is 16.1. The van der Waals surface area contributed by atoms with E-state index in [-0.39, 0.29) is 17.9 Å². The summed E-state index contributed by atoms with van der Waals surface area (Å²) in [6.45, 7) is 11.7. The van der Waals surface area contributed by atoms with Crippen LogP contribution in [0.4, 0.5) is 0 Å². The Kier molecular flexibility index (Phi) is 7.01. The molecule has 1 rings (SSSR count). The van der Waals surface area contributed by atoms with Gasteiger partial charge in [0, 0.05) is 18.5 Å². The molecule has 0 aromatic carbocycles. The van der Waals surface area contributed by atoms with E-state index in [1.54, 1.807) is 0 Å². The average molecular weight is 282 g/mol. The number of nitrogens with two attached hydrogens (primary N) is 1. The molecule has 0 spiro atoms. The van der Waals surface area contributed by atoms with Gasteiger partial charge in [0.25, 0.3) is 0 Å². The largest absolute Gasteiger partial charge is 0.354 e. The Morgan fingerprint density at radius 1 is 1.25 bits per heavy atom. The maximum absolute atomic E-state index is 12.5. The SMILES string of the molecule is CC(C)CC(N)CNC(=O)C1CC(C)CC[C@H]1C(C)C. The van der Waals surface area contributed by atoms with Gasteiger partial charge in [0.15, 0.2) is 0 Å². The summed E-state index contributed by atoms with van der Waals surface area (Å²) < 4.78 is 0. The molecule has 0 aromatic rings. The molecule has 1 fully saturated rings. The lowest BCUT2D eigenvalue weighted by molar-refractivity contribution is -0.129. The van der Waals surface area contributed by atoms with E-state index in [0.29, 0.717) is 30.2 Å². The molecule has 3 nitrogen and oxygen atoms in total. The predicted octanol–water partition coefficient (Wildman–Crippen LogP) is 3.18. The van der Waals surface area contributed by atoms with Crippen molar-refractivity contribution in [2.24, 2.45) is 35.3 Å². The minimum atomic E-state index is 0.0810. The van der Waals surface area contributed by atoms with Crippen LogP contribution < -0.4 is 11.1 Å². The molecule has 20 heavy (non-hydrogen) atoms. The number of carbonyl (C=O) groups is 1. The second kappa shape index (κ2) is 8.02. The van der Waals surface area contributed by atoms with E-state index in [1.807, 2.05) is 0 Å². The Bertz CT molecular complexity index is 301. The molecule has 1 aliphatic carbocycles. The summed E-state index contributed by atoms with van der Waals surface area (Å²) >= 11 is 0. The summed E-state index contributed by atoms with van der Waals surface area (Å²) in [6, 6.07) is 0.0810. The Morgan fingerprint density at radius 2 is 1.90 bits per heavy atom. The summed E-state index contributed by atoms with van der Waals surface area (Å²) in [4.78, 5) is 12.5. The van der Waals surface area contributed by atoms with Crippen LogP contribution in [-0.4, -0.2) is 18.5 Å². The summed E-state index contributed by atoms with van der Waals surface area (Å²) in [5.74, 6) is 2.79. The minimum Gasteiger partial charge on any atom is -0.354 e. The molecule has 4 atom stereocenters. The maximum atomic E-state index is 12.5. The third-order valence-corrected chi connectivity index (χ3v) is 4.67. The number of hydrogen-bond acceptors (Lipinski definition) is 2. The number of nitrogens with one attached hydrogen (secondary N) is 1. The van der Waals surface area contributed by atoms with Crippen LogP contribution in [0.5, 0.6) is 0 Å². The van der Waals surface area contributed by atoms with Crippen molar-refractivity contribution in [3.05, 3.63) is 0 Å². The molecular formula is C17H34N2O. The summed E-state index contributed by atoms with van der Waals surface area (Å²) in [5, 5.41) is 3.10. The molecular weight excluding hydrogens is 248 g/mol. The summed E-state index contributed by atoms with van der Waals surface area (Å²) in [7, 11) is 0. The number of carbonyl (C=O) groups excluding carboxylic acids is 1. The van der Waals surface area contributed by atoms with Crippen molar-refractivity contribution in [3.8, 4) is 0 Å². The normalized spacial score (nSPS) is 28.7. The van der Waals surface area contributed by atoms with Gasteiger partial charge in [-0.05, 0) is 42.9 Å². The highest BCUT2D eigenvalue weighted by Crippen LogP contribution is 2.38. The number of hydrogen-bond donors (Lipinski definition) is 2. The molecule has 3 unspecified atom stereocenters. The lowest BCUT2D eigenvalue weighted by Crippen LogP contribution is -2.44. The molecule has 0 saturated heterocycles. The van der Waals surface area contributed by atoms with Crippen LogP contribution in [0.25, 0.3) is 0 Å². The lowest BCUT2D eigenvalue weighted by Gasteiger charge is -2.36. The molecule has 0 bridgehead atoms. The van der Waals surface area contributed by atoms with Crippen LogP contribution in [0.3, 0.4) is 0 Å². The average Bonchev–Trinajstić information content (AvgIpc) is 2.34. The molecule has 3 heteroatoms. The van der Waals surface area contributed by atoms with Gasteiger partial charge in [-0.2, -0.15) is 0 Å². The molecule has 0 heterocycles. The first-order valence-corrected chi connectivity index (χ1v) is 8.34. The fourth-order valence-corrected chi connectivity index (χ4v) is 3.56. The van der Waals surface area contributed by atoms with Crippen molar-refractivity contribution in [2.45, 2.75) is 66.3 Å².